The molecule has 0 radical (unpaired) electrons. The predicted molar refractivity (Wildman–Crippen MR) is 60.8 cm³/mol. The van der Waals surface area contributed by atoms with Gasteiger partial charge in [-0.15, -0.1) is 0 Å². The van der Waals surface area contributed by atoms with E-state index >= 15 is 0 Å². The minimum absolute atomic E-state index is 0.178. The highest BCUT2D eigenvalue weighted by molar-refractivity contribution is 7.86. The van der Waals surface area contributed by atoms with Gasteiger partial charge in [0.05, 0.1) is 11.4 Å². The van der Waals surface area contributed by atoms with Gasteiger partial charge in [0, 0.05) is 6.04 Å². The van der Waals surface area contributed by atoms with Gasteiger partial charge in [-0.25, -0.2) is 0 Å². The van der Waals surface area contributed by atoms with Crippen LogP contribution >= 0.6 is 0 Å². The van der Waals surface area contributed by atoms with Crippen LogP contribution in [0.2, 0.25) is 0 Å². The van der Waals surface area contributed by atoms with Crippen LogP contribution in [0, 0.1) is 0 Å². The van der Waals surface area contributed by atoms with Crippen molar-refractivity contribution in [1.29, 1.82) is 0 Å². The number of nitrogens with two attached hydrogens (primary N) is 1. The van der Waals surface area contributed by atoms with Crippen LogP contribution in [0.3, 0.4) is 0 Å². The van der Waals surface area contributed by atoms with Crippen LogP contribution in [0.25, 0.3) is 0 Å². The van der Waals surface area contributed by atoms with Crippen LogP contribution in [-0.4, -0.2) is 47.4 Å². The van der Waals surface area contributed by atoms with Crippen LogP contribution in [0.15, 0.2) is 0 Å². The number of aliphatic hydroxyl groups excluding tert-OH is 1. The summed E-state index contributed by atoms with van der Waals surface area (Å²) in [6.45, 7) is 1.40. The first-order valence-electron chi connectivity index (χ1n) is 5.42. The molecule has 1 aliphatic rings. The number of aliphatic hydroxyl groups is 1. The lowest BCUT2D eigenvalue weighted by Gasteiger charge is -2.18. The Bertz CT molecular complexity index is 381. The van der Waals surface area contributed by atoms with Crippen molar-refractivity contribution < 1.29 is 22.9 Å². The molecule has 1 fully saturated rings. The summed E-state index contributed by atoms with van der Waals surface area (Å²) in [6, 6.07) is -1.35. The van der Waals surface area contributed by atoms with Gasteiger partial charge in [-0.1, -0.05) is 0 Å². The Morgan fingerprint density at radius 2 is 2.06 bits per heavy atom. The second-order valence-corrected chi connectivity index (χ2v) is 6.12. The summed E-state index contributed by atoms with van der Waals surface area (Å²) in [6.07, 6.45) is 0.00170. The number of carbonyl (C=O) groups excluding carboxylic acids is 1. The molecule has 17 heavy (non-hydrogen) atoms. The van der Waals surface area contributed by atoms with E-state index in [1.54, 1.807) is 0 Å². The van der Waals surface area contributed by atoms with E-state index in [0.717, 1.165) is 0 Å². The Hall–Kier alpha value is -0.700. The quantitative estimate of drug-likeness (QED) is 0.464. The van der Waals surface area contributed by atoms with Crippen molar-refractivity contribution >= 4 is 16.0 Å². The third-order valence-electron chi connectivity index (χ3n) is 2.97. The van der Waals surface area contributed by atoms with E-state index in [9.17, 15) is 13.2 Å². The van der Waals surface area contributed by atoms with Crippen LogP contribution in [-0.2, 0) is 14.9 Å². The van der Waals surface area contributed by atoms with E-state index in [1.807, 2.05) is 0 Å². The lowest BCUT2D eigenvalue weighted by atomic mass is 10.1. The maximum absolute atomic E-state index is 11.5. The fraction of sp³-hybridized carbons (Fsp3) is 0.889. The molecule has 1 rings (SSSR count). The summed E-state index contributed by atoms with van der Waals surface area (Å²) in [5.41, 5.74) is 5.43. The molecule has 1 amide bonds. The van der Waals surface area contributed by atoms with Gasteiger partial charge in [0.15, 0.2) is 0 Å². The van der Waals surface area contributed by atoms with E-state index in [0.29, 0.717) is 12.8 Å². The van der Waals surface area contributed by atoms with Gasteiger partial charge in [-0.05, 0) is 26.2 Å². The van der Waals surface area contributed by atoms with Gasteiger partial charge in [0.2, 0.25) is 5.91 Å². The standard InChI is InChI=1S/C9H18N2O5S/c1-5(12)8(10)9(13)11-6-2-3-7(4-6)17(14,15)16/h5-8,12H,2-4,10H2,1H3,(H,11,13)(H,14,15,16)/t5?,6?,7?,8-/m0/s1. The van der Waals surface area contributed by atoms with Crippen molar-refractivity contribution in [1.82, 2.24) is 5.32 Å². The van der Waals surface area contributed by atoms with Crippen molar-refractivity contribution in [2.75, 3.05) is 0 Å². The highest BCUT2D eigenvalue weighted by Crippen LogP contribution is 2.24. The highest BCUT2D eigenvalue weighted by Gasteiger charge is 2.34. The Morgan fingerprint density at radius 1 is 1.47 bits per heavy atom. The van der Waals surface area contributed by atoms with Crippen molar-refractivity contribution in [2.24, 2.45) is 5.73 Å². The summed E-state index contributed by atoms with van der Waals surface area (Å²) in [5, 5.41) is 10.9. The number of nitrogens with one attached hydrogen (secondary N) is 1. The van der Waals surface area contributed by atoms with Gasteiger partial charge in [0.1, 0.15) is 6.04 Å². The molecule has 0 spiro atoms. The molecule has 100 valence electrons. The zero-order valence-electron chi connectivity index (χ0n) is 9.54. The van der Waals surface area contributed by atoms with Gasteiger partial charge < -0.3 is 16.2 Å². The molecule has 1 saturated carbocycles. The molecule has 0 bridgehead atoms. The Kier molecular flexibility index (Phi) is 4.48. The fourth-order valence-corrected chi connectivity index (χ4v) is 2.77. The second-order valence-electron chi connectivity index (χ2n) is 4.42. The molecule has 4 atom stereocenters. The highest BCUT2D eigenvalue weighted by atomic mass is 32.2. The van der Waals surface area contributed by atoms with Crippen LogP contribution in [0.5, 0.6) is 0 Å². The smallest absolute Gasteiger partial charge is 0.267 e. The lowest BCUT2D eigenvalue weighted by molar-refractivity contribution is -0.125. The Morgan fingerprint density at radius 3 is 2.47 bits per heavy atom. The molecule has 7 nitrogen and oxygen atoms in total. The van der Waals surface area contributed by atoms with E-state index in [2.05, 4.69) is 5.32 Å². The molecule has 3 unspecified atom stereocenters. The molecule has 1 aliphatic carbocycles. The average molecular weight is 266 g/mol. The summed E-state index contributed by atoms with van der Waals surface area (Å²) in [7, 11) is -4.04. The summed E-state index contributed by atoms with van der Waals surface area (Å²) >= 11 is 0. The van der Waals surface area contributed by atoms with Crippen molar-refractivity contribution in [3.63, 3.8) is 0 Å². The zero-order valence-corrected chi connectivity index (χ0v) is 10.4. The number of hydrogen-bond donors (Lipinski definition) is 4. The normalized spacial score (nSPS) is 28.7. The van der Waals surface area contributed by atoms with Gasteiger partial charge in [-0.2, -0.15) is 8.42 Å². The minimum atomic E-state index is -4.04. The second kappa shape index (κ2) is 5.30. The van der Waals surface area contributed by atoms with Crippen LogP contribution < -0.4 is 11.1 Å². The van der Waals surface area contributed by atoms with Gasteiger partial charge >= 0.3 is 0 Å². The van der Waals surface area contributed by atoms with Crippen molar-refractivity contribution in [3.8, 4) is 0 Å². The van der Waals surface area contributed by atoms with Crippen LogP contribution in [0.4, 0.5) is 0 Å². The van der Waals surface area contributed by atoms with E-state index < -0.39 is 33.4 Å². The molecule has 0 saturated heterocycles. The number of carbonyl (C=O) groups is 1. The van der Waals surface area contributed by atoms with E-state index in [4.69, 9.17) is 15.4 Å². The summed E-state index contributed by atoms with van der Waals surface area (Å²) in [5.74, 6) is -0.513. The van der Waals surface area contributed by atoms with E-state index in [-0.39, 0.29) is 12.5 Å². The molecular weight excluding hydrogens is 248 g/mol. The molecule has 0 aromatic heterocycles. The summed E-state index contributed by atoms with van der Waals surface area (Å²) < 4.78 is 30.6. The molecule has 5 N–H and O–H groups in total. The molecule has 8 heteroatoms. The fourth-order valence-electron chi connectivity index (χ4n) is 1.86. The van der Waals surface area contributed by atoms with Crippen molar-refractivity contribution in [3.05, 3.63) is 0 Å². The van der Waals surface area contributed by atoms with Crippen molar-refractivity contribution in [2.45, 2.75) is 49.6 Å². The van der Waals surface area contributed by atoms with Crippen LogP contribution in [0.1, 0.15) is 26.2 Å². The minimum Gasteiger partial charge on any atom is -0.391 e. The molecule has 0 aromatic rings. The molecule has 0 heterocycles. The molecular formula is C9H18N2O5S. The Balaban J connectivity index is 2.49. The first kappa shape index (κ1) is 14.4. The topological polar surface area (TPSA) is 130 Å². The SMILES string of the molecule is CC(O)[C@H](N)C(=O)NC1CCC(S(=O)(=O)O)C1. The zero-order chi connectivity index (χ0) is 13.2. The first-order valence-corrected chi connectivity index (χ1v) is 6.92. The maximum atomic E-state index is 11.5. The Labute approximate surface area is 100 Å². The monoisotopic (exact) mass is 266 g/mol. The number of amides is 1. The number of rotatable bonds is 4. The first-order chi connectivity index (χ1) is 7.71. The van der Waals surface area contributed by atoms with Gasteiger partial charge in [0.25, 0.3) is 10.1 Å². The average Bonchev–Trinajstić information content (AvgIpc) is 2.64. The predicted octanol–water partition coefficient (Wildman–Crippen LogP) is -1.38. The molecule has 0 aromatic carbocycles. The summed E-state index contributed by atoms with van der Waals surface area (Å²) in [4.78, 5) is 11.5. The third-order valence-corrected chi connectivity index (χ3v) is 4.25. The van der Waals surface area contributed by atoms with E-state index in [1.165, 1.54) is 6.92 Å². The largest absolute Gasteiger partial charge is 0.391 e. The third kappa shape index (κ3) is 3.91. The number of hydrogen-bond acceptors (Lipinski definition) is 5. The lowest BCUT2D eigenvalue weighted by Crippen LogP contribution is -2.49. The maximum Gasteiger partial charge on any atom is 0.267 e. The molecule has 0 aliphatic heterocycles. The van der Waals surface area contributed by atoms with Gasteiger partial charge in [-0.3, -0.25) is 9.35 Å².